The molecule has 5 nitrogen and oxygen atoms in total. The van der Waals surface area contributed by atoms with E-state index in [-0.39, 0.29) is 30.7 Å². The summed E-state index contributed by atoms with van der Waals surface area (Å²) in [5, 5.41) is 8.87. The zero-order valence-corrected chi connectivity index (χ0v) is 11.0. The molecule has 1 atom stereocenters. The molecule has 5 heteroatoms. The highest BCUT2D eigenvalue weighted by Gasteiger charge is 2.29. The summed E-state index contributed by atoms with van der Waals surface area (Å²) in [6, 6.07) is 0. The van der Waals surface area contributed by atoms with Crippen LogP contribution in [-0.2, 0) is 14.4 Å². The van der Waals surface area contributed by atoms with Crippen LogP contribution in [0.4, 0.5) is 0 Å². The van der Waals surface area contributed by atoms with Gasteiger partial charge in [0.1, 0.15) is 0 Å². The van der Waals surface area contributed by atoms with Crippen LogP contribution in [0.1, 0.15) is 46.0 Å². The van der Waals surface area contributed by atoms with E-state index in [1.165, 1.54) is 4.90 Å². The van der Waals surface area contributed by atoms with Gasteiger partial charge < -0.3 is 5.11 Å². The first-order valence-corrected chi connectivity index (χ1v) is 6.45. The van der Waals surface area contributed by atoms with Crippen LogP contribution in [0.15, 0.2) is 0 Å². The van der Waals surface area contributed by atoms with Crippen LogP contribution < -0.4 is 0 Å². The van der Waals surface area contributed by atoms with Crippen molar-refractivity contribution in [2.24, 2.45) is 11.8 Å². The van der Waals surface area contributed by atoms with E-state index in [0.717, 1.165) is 0 Å². The molecule has 1 unspecified atom stereocenters. The van der Waals surface area contributed by atoms with Gasteiger partial charge in [-0.3, -0.25) is 19.3 Å². The lowest BCUT2D eigenvalue weighted by molar-refractivity contribution is -0.150. The highest BCUT2D eigenvalue weighted by molar-refractivity contribution is 5.97. The molecule has 0 aliphatic carbocycles. The summed E-state index contributed by atoms with van der Waals surface area (Å²) in [7, 11) is 0. The Hall–Kier alpha value is -1.39. The first kappa shape index (κ1) is 14.7. The summed E-state index contributed by atoms with van der Waals surface area (Å²) in [6.45, 7) is 4.27. The number of imide groups is 1. The van der Waals surface area contributed by atoms with Crippen molar-refractivity contribution in [3.63, 3.8) is 0 Å². The topological polar surface area (TPSA) is 74.7 Å². The Kier molecular flexibility index (Phi) is 5.31. The van der Waals surface area contributed by atoms with Crippen molar-refractivity contribution < 1.29 is 19.5 Å². The van der Waals surface area contributed by atoms with Crippen molar-refractivity contribution in [3.05, 3.63) is 0 Å². The van der Waals surface area contributed by atoms with Gasteiger partial charge in [-0.2, -0.15) is 0 Å². The molecule has 1 aliphatic rings. The number of amides is 2. The number of carboxylic acid groups (broad SMARTS) is 1. The number of carbonyl (C=O) groups is 3. The van der Waals surface area contributed by atoms with Crippen molar-refractivity contribution in [2.45, 2.75) is 46.0 Å². The van der Waals surface area contributed by atoms with E-state index in [2.05, 4.69) is 0 Å². The van der Waals surface area contributed by atoms with Gasteiger partial charge in [-0.1, -0.05) is 13.8 Å². The lowest BCUT2D eigenvalue weighted by atomic mass is 9.93. The van der Waals surface area contributed by atoms with Crippen LogP contribution in [0.5, 0.6) is 0 Å². The third kappa shape index (κ3) is 4.47. The van der Waals surface area contributed by atoms with Gasteiger partial charge >= 0.3 is 5.97 Å². The maximum Gasteiger partial charge on any atom is 0.303 e. The van der Waals surface area contributed by atoms with E-state index >= 15 is 0 Å². The fourth-order valence-electron chi connectivity index (χ4n) is 2.40. The van der Waals surface area contributed by atoms with Crippen molar-refractivity contribution in [1.82, 2.24) is 4.90 Å². The van der Waals surface area contributed by atoms with E-state index in [4.69, 9.17) is 5.11 Å². The number of aliphatic carboxylic acids is 1. The number of piperidine rings is 1. The molecule has 0 bridgehead atoms. The second kappa shape index (κ2) is 6.52. The SMILES string of the molecule is CC(C)CC(CC(=O)O)CN1C(=O)CCCC1=O. The van der Waals surface area contributed by atoms with Gasteiger partial charge in [0, 0.05) is 25.8 Å². The predicted octanol–water partition coefficient (Wildman–Crippen LogP) is 1.66. The molecule has 1 heterocycles. The predicted molar refractivity (Wildman–Crippen MR) is 65.8 cm³/mol. The van der Waals surface area contributed by atoms with Crippen LogP contribution in [0.2, 0.25) is 0 Å². The first-order valence-electron chi connectivity index (χ1n) is 6.45. The average Bonchev–Trinajstić information content (AvgIpc) is 2.21. The van der Waals surface area contributed by atoms with Gasteiger partial charge in [0.15, 0.2) is 0 Å². The Morgan fingerprint density at radius 2 is 1.83 bits per heavy atom. The third-order valence-electron chi connectivity index (χ3n) is 3.09. The highest BCUT2D eigenvalue weighted by Crippen LogP contribution is 2.20. The summed E-state index contributed by atoms with van der Waals surface area (Å²) in [6.07, 6.45) is 2.13. The van der Waals surface area contributed by atoms with Crippen molar-refractivity contribution in [3.8, 4) is 0 Å². The van der Waals surface area contributed by atoms with Crippen LogP contribution in [0.25, 0.3) is 0 Å². The van der Waals surface area contributed by atoms with E-state index in [1.54, 1.807) is 0 Å². The summed E-state index contributed by atoms with van der Waals surface area (Å²) in [4.78, 5) is 35.4. The number of nitrogens with zero attached hydrogens (tertiary/aromatic N) is 1. The van der Waals surface area contributed by atoms with Crippen molar-refractivity contribution >= 4 is 17.8 Å². The fraction of sp³-hybridized carbons (Fsp3) is 0.769. The molecule has 0 saturated carbocycles. The number of hydrogen-bond donors (Lipinski definition) is 1. The van der Waals surface area contributed by atoms with Crippen LogP contribution in [-0.4, -0.2) is 34.3 Å². The van der Waals surface area contributed by atoms with E-state index in [0.29, 0.717) is 31.6 Å². The molecule has 2 amide bonds. The monoisotopic (exact) mass is 255 g/mol. The van der Waals surface area contributed by atoms with E-state index < -0.39 is 5.97 Å². The van der Waals surface area contributed by atoms with Crippen molar-refractivity contribution in [2.75, 3.05) is 6.54 Å². The lowest BCUT2D eigenvalue weighted by Crippen LogP contribution is -2.43. The fourth-order valence-corrected chi connectivity index (χ4v) is 2.40. The summed E-state index contributed by atoms with van der Waals surface area (Å²) >= 11 is 0. The molecule has 0 aromatic heterocycles. The van der Waals surface area contributed by atoms with E-state index in [9.17, 15) is 14.4 Å². The zero-order chi connectivity index (χ0) is 13.7. The number of hydrogen-bond acceptors (Lipinski definition) is 3. The van der Waals surface area contributed by atoms with Crippen molar-refractivity contribution in [1.29, 1.82) is 0 Å². The average molecular weight is 255 g/mol. The molecule has 1 rings (SSSR count). The van der Waals surface area contributed by atoms with E-state index in [1.807, 2.05) is 13.8 Å². The second-order valence-corrected chi connectivity index (χ2v) is 5.35. The minimum absolute atomic E-state index is 0.00917. The van der Waals surface area contributed by atoms with Crippen LogP contribution in [0.3, 0.4) is 0 Å². The molecule has 1 saturated heterocycles. The maximum absolute atomic E-state index is 11.7. The number of carboxylic acids is 1. The Labute approximate surface area is 107 Å². The molecule has 1 N–H and O–H groups in total. The van der Waals surface area contributed by atoms with Gasteiger partial charge in [-0.15, -0.1) is 0 Å². The Balaban J connectivity index is 2.65. The molecule has 0 aromatic carbocycles. The largest absolute Gasteiger partial charge is 0.481 e. The third-order valence-corrected chi connectivity index (χ3v) is 3.09. The smallest absolute Gasteiger partial charge is 0.303 e. The molecule has 1 fully saturated rings. The molecule has 1 aliphatic heterocycles. The minimum Gasteiger partial charge on any atom is -0.481 e. The van der Waals surface area contributed by atoms with Gasteiger partial charge in [-0.25, -0.2) is 0 Å². The molecular formula is C13H21NO4. The van der Waals surface area contributed by atoms with Crippen LogP contribution in [0, 0.1) is 11.8 Å². The standard InChI is InChI=1S/C13H21NO4/c1-9(2)6-10(7-13(17)18)8-14-11(15)4-3-5-12(14)16/h9-10H,3-8H2,1-2H3,(H,17,18). The normalized spacial score (nSPS) is 18.3. The molecular weight excluding hydrogens is 234 g/mol. The van der Waals surface area contributed by atoms with Crippen LogP contribution >= 0.6 is 0 Å². The number of rotatable bonds is 6. The second-order valence-electron chi connectivity index (χ2n) is 5.35. The van der Waals surface area contributed by atoms with Gasteiger partial charge in [0.2, 0.25) is 11.8 Å². The molecule has 18 heavy (non-hydrogen) atoms. The number of likely N-dealkylation sites (tertiary alicyclic amines) is 1. The Bertz CT molecular complexity index is 322. The number of carbonyl (C=O) groups excluding carboxylic acids is 2. The Morgan fingerprint density at radius 3 is 2.28 bits per heavy atom. The molecule has 102 valence electrons. The Morgan fingerprint density at radius 1 is 1.28 bits per heavy atom. The van der Waals surface area contributed by atoms with Gasteiger partial charge in [0.25, 0.3) is 0 Å². The van der Waals surface area contributed by atoms with Gasteiger partial charge in [0.05, 0.1) is 0 Å². The van der Waals surface area contributed by atoms with Gasteiger partial charge in [-0.05, 0) is 24.7 Å². The molecule has 0 spiro atoms. The minimum atomic E-state index is -0.877. The highest BCUT2D eigenvalue weighted by atomic mass is 16.4. The summed E-state index contributed by atoms with van der Waals surface area (Å²) in [5.41, 5.74) is 0. The summed E-state index contributed by atoms with van der Waals surface area (Å²) < 4.78 is 0. The molecule has 0 aromatic rings. The summed E-state index contributed by atoms with van der Waals surface area (Å²) in [5.74, 6) is -0.994. The zero-order valence-electron chi connectivity index (χ0n) is 11.0. The first-order chi connectivity index (χ1) is 8.40. The maximum atomic E-state index is 11.7. The quantitative estimate of drug-likeness (QED) is 0.732. The molecule has 0 radical (unpaired) electrons. The lowest BCUT2D eigenvalue weighted by Gasteiger charge is -2.29.